The molecular formula is C25H24N2O6. The Morgan fingerprint density at radius 3 is 2.52 bits per heavy atom. The van der Waals surface area contributed by atoms with Crippen LogP contribution < -0.4 is 14.2 Å². The van der Waals surface area contributed by atoms with Crippen LogP contribution >= 0.6 is 0 Å². The third kappa shape index (κ3) is 4.41. The van der Waals surface area contributed by atoms with Gasteiger partial charge in [-0.1, -0.05) is 18.2 Å². The highest BCUT2D eigenvalue weighted by molar-refractivity contribution is 6.13. The minimum Gasteiger partial charge on any atom is -0.494 e. The molecule has 0 saturated heterocycles. The first-order valence-electron chi connectivity index (χ1n) is 10.4. The predicted octanol–water partition coefficient (Wildman–Crippen LogP) is 4.83. The van der Waals surface area contributed by atoms with Crippen LogP contribution in [0.15, 0.2) is 60.8 Å². The molecule has 0 aliphatic rings. The number of nitrogens with zero attached hydrogens (tertiary/aromatic N) is 2. The Labute approximate surface area is 190 Å². The summed E-state index contributed by atoms with van der Waals surface area (Å²) in [6.45, 7) is 2.63. The van der Waals surface area contributed by atoms with E-state index in [9.17, 15) is 14.7 Å². The Balaban J connectivity index is 1.84. The molecule has 4 rings (SSSR count). The van der Waals surface area contributed by atoms with Crippen molar-refractivity contribution >= 4 is 28.5 Å². The smallest absolute Gasteiger partial charge is 0.414 e. The summed E-state index contributed by atoms with van der Waals surface area (Å²) in [7, 11) is 3.16. The minimum atomic E-state index is -1.07. The molecule has 0 radical (unpaired) electrons. The molecule has 0 spiro atoms. The number of ether oxygens (including phenoxy) is 3. The number of fused-ring (bicyclic) bond motifs is 3. The van der Waals surface area contributed by atoms with Crippen LogP contribution in [0.3, 0.4) is 0 Å². The number of aromatic carboxylic acids is 1. The van der Waals surface area contributed by atoms with Crippen molar-refractivity contribution in [3.8, 4) is 17.2 Å². The zero-order chi connectivity index (χ0) is 23.5. The van der Waals surface area contributed by atoms with Crippen molar-refractivity contribution in [2.24, 2.45) is 0 Å². The van der Waals surface area contributed by atoms with Gasteiger partial charge < -0.3 is 28.6 Å². The first-order chi connectivity index (χ1) is 15.9. The second-order valence-corrected chi connectivity index (χ2v) is 7.58. The van der Waals surface area contributed by atoms with Gasteiger partial charge in [0, 0.05) is 32.4 Å². The summed E-state index contributed by atoms with van der Waals surface area (Å²) < 4.78 is 18.9. The van der Waals surface area contributed by atoms with Gasteiger partial charge in [-0.05, 0) is 36.8 Å². The second-order valence-electron chi connectivity index (χ2n) is 7.58. The lowest BCUT2D eigenvalue weighted by Crippen LogP contribution is -2.25. The molecule has 2 heterocycles. The molecular weight excluding hydrogens is 424 g/mol. The maximum atomic E-state index is 12.2. The Morgan fingerprint density at radius 2 is 1.79 bits per heavy atom. The largest absolute Gasteiger partial charge is 0.494 e. The molecule has 4 aromatic rings. The minimum absolute atomic E-state index is 0.120. The lowest BCUT2D eigenvalue weighted by atomic mass is 10.1. The first kappa shape index (κ1) is 22.0. The van der Waals surface area contributed by atoms with Crippen LogP contribution in [0.25, 0.3) is 16.4 Å². The van der Waals surface area contributed by atoms with Gasteiger partial charge in [0.2, 0.25) is 0 Å². The lowest BCUT2D eigenvalue weighted by Gasteiger charge is -2.14. The van der Waals surface area contributed by atoms with E-state index < -0.39 is 12.1 Å². The predicted molar refractivity (Wildman–Crippen MR) is 124 cm³/mol. The number of amides is 1. The first-order valence-corrected chi connectivity index (χ1v) is 10.4. The third-order valence-corrected chi connectivity index (χ3v) is 5.07. The summed E-state index contributed by atoms with van der Waals surface area (Å²) in [5, 5.41) is 10.4. The van der Waals surface area contributed by atoms with E-state index in [0.29, 0.717) is 28.8 Å². The van der Waals surface area contributed by atoms with E-state index in [2.05, 4.69) is 0 Å². The number of hydrogen-bond donors (Lipinski definition) is 1. The number of hydrogen-bond acceptors (Lipinski definition) is 5. The van der Waals surface area contributed by atoms with Crippen LogP contribution in [-0.2, 0) is 6.61 Å². The van der Waals surface area contributed by atoms with Gasteiger partial charge in [0.15, 0.2) is 0 Å². The fraction of sp³-hybridized carbons (Fsp3) is 0.200. The fourth-order valence-corrected chi connectivity index (χ4v) is 3.64. The van der Waals surface area contributed by atoms with Crippen molar-refractivity contribution in [2.75, 3.05) is 20.7 Å². The number of benzene rings is 2. The summed E-state index contributed by atoms with van der Waals surface area (Å²) >= 11 is 0. The number of carboxylic acid groups (broad SMARTS) is 1. The zero-order valence-corrected chi connectivity index (χ0v) is 18.6. The molecule has 1 N–H and O–H groups in total. The number of rotatable bonds is 7. The maximum Gasteiger partial charge on any atom is 0.414 e. The number of carbonyl (C=O) groups excluding carboxylic acids is 1. The van der Waals surface area contributed by atoms with Gasteiger partial charge in [-0.15, -0.1) is 0 Å². The van der Waals surface area contributed by atoms with Crippen LogP contribution in [0.1, 0.15) is 22.8 Å². The molecule has 8 heteroatoms. The van der Waals surface area contributed by atoms with E-state index >= 15 is 0 Å². The van der Waals surface area contributed by atoms with Crippen molar-refractivity contribution in [1.82, 2.24) is 9.30 Å². The Kier molecular flexibility index (Phi) is 6.08. The zero-order valence-electron chi connectivity index (χ0n) is 18.6. The fourth-order valence-electron chi connectivity index (χ4n) is 3.64. The van der Waals surface area contributed by atoms with Crippen molar-refractivity contribution in [1.29, 1.82) is 0 Å². The van der Waals surface area contributed by atoms with Gasteiger partial charge >= 0.3 is 12.1 Å². The van der Waals surface area contributed by atoms with Crippen molar-refractivity contribution in [3.05, 3.63) is 71.9 Å². The van der Waals surface area contributed by atoms with Crippen molar-refractivity contribution in [3.63, 3.8) is 0 Å². The van der Waals surface area contributed by atoms with Crippen LogP contribution in [-0.4, -0.2) is 47.2 Å². The molecule has 0 bridgehead atoms. The number of carboxylic acids is 1. The number of pyridine rings is 1. The normalized spacial score (nSPS) is 10.9. The molecule has 0 atom stereocenters. The van der Waals surface area contributed by atoms with Gasteiger partial charge in [-0.25, -0.2) is 9.59 Å². The quantitative estimate of drug-likeness (QED) is 0.436. The van der Waals surface area contributed by atoms with Crippen molar-refractivity contribution in [2.45, 2.75) is 13.5 Å². The number of aromatic nitrogens is 1. The highest BCUT2D eigenvalue weighted by Crippen LogP contribution is 2.38. The maximum absolute atomic E-state index is 12.2. The summed E-state index contributed by atoms with van der Waals surface area (Å²) in [5.41, 5.74) is 2.05. The molecule has 0 saturated carbocycles. The van der Waals surface area contributed by atoms with E-state index in [1.54, 1.807) is 55.0 Å². The van der Waals surface area contributed by atoms with Gasteiger partial charge in [-0.2, -0.15) is 0 Å². The Morgan fingerprint density at radius 1 is 0.970 bits per heavy atom. The van der Waals surface area contributed by atoms with Gasteiger partial charge in [0.25, 0.3) is 0 Å². The molecule has 170 valence electrons. The molecule has 2 aromatic heterocycles. The third-order valence-electron chi connectivity index (χ3n) is 5.07. The highest BCUT2D eigenvalue weighted by atomic mass is 16.6. The SMILES string of the molecule is CCOc1cccc(COc2cc(OC(=O)N(C)C)cc3c2c(C(=O)O)c2ccccn23)c1. The summed E-state index contributed by atoms with van der Waals surface area (Å²) in [5.74, 6) is 0.199. The molecule has 33 heavy (non-hydrogen) atoms. The summed E-state index contributed by atoms with van der Waals surface area (Å²) in [6.07, 6.45) is 1.21. The summed E-state index contributed by atoms with van der Waals surface area (Å²) in [4.78, 5) is 25.7. The molecule has 1 amide bonds. The van der Waals surface area contributed by atoms with Crippen LogP contribution in [0, 0.1) is 0 Å². The van der Waals surface area contributed by atoms with E-state index in [4.69, 9.17) is 14.2 Å². The molecule has 0 aliphatic heterocycles. The van der Waals surface area contributed by atoms with E-state index in [0.717, 1.165) is 11.3 Å². The van der Waals surface area contributed by atoms with Crippen molar-refractivity contribution < 1.29 is 28.9 Å². The molecule has 0 aliphatic carbocycles. The summed E-state index contributed by atoms with van der Waals surface area (Å²) in [6, 6.07) is 16.0. The Hall–Kier alpha value is -4.20. The monoisotopic (exact) mass is 448 g/mol. The van der Waals surface area contributed by atoms with E-state index in [1.807, 2.05) is 31.2 Å². The molecule has 2 aromatic carbocycles. The lowest BCUT2D eigenvalue weighted by molar-refractivity contribution is 0.0700. The second kappa shape index (κ2) is 9.12. The Bertz CT molecular complexity index is 1340. The van der Waals surface area contributed by atoms with Gasteiger partial charge in [-0.3, -0.25) is 0 Å². The van der Waals surface area contributed by atoms with Crippen LogP contribution in [0.5, 0.6) is 17.2 Å². The van der Waals surface area contributed by atoms with E-state index in [1.165, 1.54) is 4.90 Å². The van der Waals surface area contributed by atoms with Gasteiger partial charge in [0.05, 0.1) is 28.6 Å². The average Bonchev–Trinajstić information content (AvgIpc) is 3.13. The van der Waals surface area contributed by atoms with Crippen LogP contribution in [0.4, 0.5) is 4.79 Å². The van der Waals surface area contributed by atoms with Gasteiger partial charge in [0.1, 0.15) is 23.9 Å². The molecule has 0 fully saturated rings. The van der Waals surface area contributed by atoms with Crippen LogP contribution in [0.2, 0.25) is 0 Å². The molecule has 8 nitrogen and oxygen atoms in total. The average molecular weight is 448 g/mol. The highest BCUT2D eigenvalue weighted by Gasteiger charge is 2.23. The van der Waals surface area contributed by atoms with E-state index in [-0.39, 0.29) is 17.9 Å². The topological polar surface area (TPSA) is 89.7 Å². The molecule has 0 unspecified atom stereocenters. The number of carbonyl (C=O) groups is 2. The standard InChI is InChI=1S/C25H24N2O6/c1-4-31-17-9-7-8-16(12-17)15-32-21-14-18(33-25(30)26(2)3)13-20-22(21)23(24(28)29)19-10-5-6-11-27(19)20/h5-14H,4,15H2,1-3H3,(H,28,29).